The quantitative estimate of drug-likeness (QED) is 0.638. The molecule has 1 aromatic carbocycles. The third-order valence-electron chi connectivity index (χ3n) is 1.70. The molecule has 3 heteroatoms. The maximum Gasteiger partial charge on any atom is 0.343 e. The van der Waals surface area contributed by atoms with Crippen LogP contribution in [-0.4, -0.2) is 5.11 Å². The molecular weight excluding hydrogens is 156 g/mol. The summed E-state index contributed by atoms with van der Waals surface area (Å²) in [5, 5.41) is 10.2. The molecule has 3 nitrogen and oxygen atoms in total. The van der Waals surface area contributed by atoms with E-state index in [1.807, 2.05) is 0 Å². The summed E-state index contributed by atoms with van der Waals surface area (Å²) in [6.07, 6.45) is 1.05. The van der Waals surface area contributed by atoms with Gasteiger partial charge in [0.1, 0.15) is 6.26 Å². The normalized spacial score (nSPS) is 10.3. The minimum absolute atomic E-state index is 0.00907. The Bertz CT molecular complexity index is 470. The zero-order valence-electron chi connectivity index (χ0n) is 6.15. The summed E-state index contributed by atoms with van der Waals surface area (Å²) < 4.78 is 4.57. The second-order valence-electron chi connectivity index (χ2n) is 2.45. The zero-order chi connectivity index (χ0) is 8.55. The summed E-state index contributed by atoms with van der Waals surface area (Å²) in [6, 6.07) is 6.75. The van der Waals surface area contributed by atoms with Crippen LogP contribution >= 0.6 is 0 Å². The lowest BCUT2D eigenvalue weighted by Gasteiger charge is -1.96. The Morgan fingerprint density at radius 1 is 1.17 bits per heavy atom. The fourth-order valence-electron chi connectivity index (χ4n) is 1.12. The Balaban J connectivity index is 3.05. The molecule has 0 amide bonds. The maximum atomic E-state index is 11.1. The van der Waals surface area contributed by atoms with Crippen molar-refractivity contribution in [3.05, 3.63) is 40.9 Å². The van der Waals surface area contributed by atoms with Crippen LogP contribution in [0.2, 0.25) is 0 Å². The number of fused-ring (bicyclic) bond motifs is 1. The van der Waals surface area contributed by atoms with Crippen LogP contribution in [0.4, 0.5) is 0 Å². The highest BCUT2D eigenvalue weighted by Crippen LogP contribution is 2.20. The minimum atomic E-state index is -0.427. The van der Waals surface area contributed by atoms with Crippen LogP contribution in [0, 0.1) is 0 Å². The maximum absolute atomic E-state index is 11.1. The topological polar surface area (TPSA) is 50.4 Å². The summed E-state index contributed by atoms with van der Waals surface area (Å²) >= 11 is 0. The van der Waals surface area contributed by atoms with Crippen molar-refractivity contribution in [1.29, 1.82) is 0 Å². The van der Waals surface area contributed by atoms with Crippen molar-refractivity contribution in [2.45, 2.75) is 0 Å². The van der Waals surface area contributed by atoms with Crippen LogP contribution in [0.1, 0.15) is 0 Å². The van der Waals surface area contributed by atoms with Gasteiger partial charge in [0, 0.05) is 5.39 Å². The van der Waals surface area contributed by atoms with Crippen molar-refractivity contribution < 1.29 is 9.52 Å². The van der Waals surface area contributed by atoms with Crippen molar-refractivity contribution in [3.8, 4) is 5.75 Å². The molecular formula is C9H6O3. The number of hydrogen-bond acceptors (Lipinski definition) is 3. The Morgan fingerprint density at radius 2 is 1.83 bits per heavy atom. The van der Waals surface area contributed by atoms with Crippen LogP contribution in [0.15, 0.2) is 39.7 Å². The van der Waals surface area contributed by atoms with Crippen LogP contribution in [0.3, 0.4) is 0 Å². The van der Waals surface area contributed by atoms with Gasteiger partial charge in [-0.1, -0.05) is 18.2 Å². The van der Waals surface area contributed by atoms with Crippen molar-refractivity contribution in [2.75, 3.05) is 0 Å². The van der Waals surface area contributed by atoms with E-state index < -0.39 is 5.63 Å². The Hall–Kier alpha value is -1.77. The molecule has 0 atom stereocenters. The first kappa shape index (κ1) is 6.91. The fraction of sp³-hybridized carbons (Fsp3) is 0. The van der Waals surface area contributed by atoms with Crippen LogP contribution in [0.5, 0.6) is 5.75 Å². The molecule has 0 spiro atoms. The second-order valence-corrected chi connectivity index (χ2v) is 2.45. The van der Waals surface area contributed by atoms with Gasteiger partial charge in [-0.3, -0.25) is 0 Å². The Morgan fingerprint density at radius 3 is 2.50 bits per heavy atom. The molecule has 2 rings (SSSR count). The molecule has 60 valence electrons. The highest BCUT2D eigenvalue weighted by Gasteiger charge is 2.02. The molecule has 0 aliphatic heterocycles. The third kappa shape index (κ3) is 0.871. The van der Waals surface area contributed by atoms with E-state index >= 15 is 0 Å². The van der Waals surface area contributed by atoms with Gasteiger partial charge in [-0.2, -0.15) is 0 Å². The van der Waals surface area contributed by atoms with E-state index in [1.165, 1.54) is 0 Å². The van der Waals surface area contributed by atoms with E-state index in [9.17, 15) is 9.90 Å². The molecule has 0 aliphatic rings. The standard InChI is InChI=1S/C9H6O3/c10-8-5-12-9(11)7-4-2-1-3-6(7)8/h1-5,10H. The third-order valence-corrected chi connectivity index (χ3v) is 1.70. The van der Waals surface area contributed by atoms with Gasteiger partial charge < -0.3 is 9.52 Å². The van der Waals surface area contributed by atoms with Crippen LogP contribution in [-0.2, 0) is 0 Å². The average molecular weight is 162 g/mol. The summed E-state index contributed by atoms with van der Waals surface area (Å²) in [5.41, 5.74) is -0.427. The van der Waals surface area contributed by atoms with Gasteiger partial charge in [0.05, 0.1) is 5.39 Å². The predicted molar refractivity (Wildman–Crippen MR) is 44.1 cm³/mol. The van der Waals surface area contributed by atoms with Gasteiger partial charge in [0.25, 0.3) is 0 Å². The second kappa shape index (κ2) is 2.37. The highest BCUT2D eigenvalue weighted by molar-refractivity contribution is 5.86. The molecule has 0 saturated heterocycles. The van der Waals surface area contributed by atoms with E-state index in [0.29, 0.717) is 10.8 Å². The van der Waals surface area contributed by atoms with Gasteiger partial charge in [-0.25, -0.2) is 4.79 Å². The predicted octanol–water partition coefficient (Wildman–Crippen LogP) is 1.50. The molecule has 1 N–H and O–H groups in total. The van der Waals surface area contributed by atoms with Crippen molar-refractivity contribution in [2.24, 2.45) is 0 Å². The van der Waals surface area contributed by atoms with E-state index in [1.54, 1.807) is 24.3 Å². The summed E-state index contributed by atoms with van der Waals surface area (Å²) in [5.74, 6) is -0.00907. The first-order chi connectivity index (χ1) is 5.79. The number of rotatable bonds is 0. The first-order valence-corrected chi connectivity index (χ1v) is 3.48. The lowest BCUT2D eigenvalue weighted by atomic mass is 10.2. The van der Waals surface area contributed by atoms with Crippen molar-refractivity contribution >= 4 is 10.8 Å². The van der Waals surface area contributed by atoms with Crippen molar-refractivity contribution in [1.82, 2.24) is 0 Å². The summed E-state index contributed by atoms with van der Waals surface area (Å²) in [4.78, 5) is 11.1. The Kier molecular flexibility index (Phi) is 1.37. The van der Waals surface area contributed by atoms with Crippen LogP contribution < -0.4 is 5.63 Å². The molecule has 0 unspecified atom stereocenters. The monoisotopic (exact) mass is 162 g/mol. The first-order valence-electron chi connectivity index (χ1n) is 3.48. The average Bonchev–Trinajstić information content (AvgIpc) is 2.12. The molecule has 0 aliphatic carbocycles. The number of hydrogen-bond donors (Lipinski definition) is 1. The fourth-order valence-corrected chi connectivity index (χ4v) is 1.12. The molecule has 0 radical (unpaired) electrons. The SMILES string of the molecule is O=c1occ(O)c2ccccc12. The van der Waals surface area contributed by atoms with E-state index in [-0.39, 0.29) is 5.75 Å². The van der Waals surface area contributed by atoms with E-state index in [2.05, 4.69) is 4.42 Å². The number of benzene rings is 1. The molecule has 0 saturated carbocycles. The largest absolute Gasteiger partial charge is 0.504 e. The number of aromatic hydroxyl groups is 1. The van der Waals surface area contributed by atoms with Gasteiger partial charge in [-0.15, -0.1) is 0 Å². The van der Waals surface area contributed by atoms with E-state index in [0.717, 1.165) is 6.26 Å². The summed E-state index contributed by atoms with van der Waals surface area (Å²) in [6.45, 7) is 0. The molecule has 0 bridgehead atoms. The van der Waals surface area contributed by atoms with E-state index in [4.69, 9.17) is 0 Å². The zero-order valence-corrected chi connectivity index (χ0v) is 6.15. The molecule has 0 fully saturated rings. The molecule has 2 aromatic rings. The van der Waals surface area contributed by atoms with Gasteiger partial charge >= 0.3 is 5.63 Å². The Labute approximate surface area is 67.9 Å². The smallest absolute Gasteiger partial charge is 0.343 e. The van der Waals surface area contributed by atoms with Gasteiger partial charge in [0.2, 0.25) is 0 Å². The summed E-state index contributed by atoms with van der Waals surface area (Å²) in [7, 11) is 0. The molecule has 1 heterocycles. The minimum Gasteiger partial charge on any atom is -0.504 e. The van der Waals surface area contributed by atoms with Gasteiger partial charge in [0.15, 0.2) is 5.75 Å². The molecule has 12 heavy (non-hydrogen) atoms. The van der Waals surface area contributed by atoms with Crippen LogP contribution in [0.25, 0.3) is 10.8 Å². The lowest BCUT2D eigenvalue weighted by molar-refractivity contribution is 0.432. The van der Waals surface area contributed by atoms with Crippen molar-refractivity contribution in [3.63, 3.8) is 0 Å². The molecule has 1 aromatic heterocycles. The lowest BCUT2D eigenvalue weighted by Crippen LogP contribution is -1.97. The highest BCUT2D eigenvalue weighted by atomic mass is 16.4. The van der Waals surface area contributed by atoms with Gasteiger partial charge in [-0.05, 0) is 6.07 Å².